The highest BCUT2D eigenvalue weighted by Gasteiger charge is 2.19. The number of hydrogen-bond acceptors (Lipinski definition) is 3. The maximum absolute atomic E-state index is 13.6. The first-order valence-electron chi connectivity index (χ1n) is 6.67. The summed E-state index contributed by atoms with van der Waals surface area (Å²) in [7, 11) is -3.75. The van der Waals surface area contributed by atoms with Crippen LogP contribution in [0.2, 0.25) is 0 Å². The van der Waals surface area contributed by atoms with Crippen LogP contribution in [-0.4, -0.2) is 20.1 Å². The molecule has 0 radical (unpaired) electrons. The van der Waals surface area contributed by atoms with E-state index >= 15 is 0 Å². The summed E-state index contributed by atoms with van der Waals surface area (Å²) < 4.78 is 40.4. The van der Waals surface area contributed by atoms with Gasteiger partial charge in [-0.05, 0) is 43.4 Å². The van der Waals surface area contributed by atoms with Crippen molar-refractivity contribution < 1.29 is 17.9 Å². The molecule has 1 rings (SSSR count). The molecule has 0 unspecified atom stereocenters. The van der Waals surface area contributed by atoms with Crippen LogP contribution in [0.3, 0.4) is 0 Å². The van der Waals surface area contributed by atoms with E-state index in [0.29, 0.717) is 12.5 Å². The van der Waals surface area contributed by atoms with Crippen molar-refractivity contribution in [3.05, 3.63) is 29.1 Å². The lowest BCUT2D eigenvalue weighted by Crippen LogP contribution is -2.26. The third-order valence-electron chi connectivity index (χ3n) is 3.08. The molecule has 0 aromatic heterocycles. The molecule has 1 aromatic rings. The average Bonchev–Trinajstić information content (AvgIpc) is 2.37. The fourth-order valence-electron chi connectivity index (χ4n) is 1.87. The van der Waals surface area contributed by atoms with Gasteiger partial charge in [-0.15, -0.1) is 0 Å². The molecule has 0 fully saturated rings. The van der Waals surface area contributed by atoms with Crippen LogP contribution in [0.15, 0.2) is 17.0 Å². The molecular formula is C14H22FNO3S. The van der Waals surface area contributed by atoms with E-state index in [1.165, 1.54) is 13.0 Å². The van der Waals surface area contributed by atoms with Crippen LogP contribution in [0.25, 0.3) is 0 Å². The van der Waals surface area contributed by atoms with Gasteiger partial charge in [0.05, 0.1) is 11.5 Å². The molecular weight excluding hydrogens is 281 g/mol. The van der Waals surface area contributed by atoms with Crippen molar-refractivity contribution >= 4 is 10.0 Å². The van der Waals surface area contributed by atoms with Crippen LogP contribution in [0.4, 0.5) is 4.39 Å². The smallest absolute Gasteiger partial charge is 0.240 e. The third kappa shape index (κ3) is 4.54. The van der Waals surface area contributed by atoms with Crippen molar-refractivity contribution in [3.63, 3.8) is 0 Å². The second-order valence-corrected chi connectivity index (χ2v) is 7.03. The maximum Gasteiger partial charge on any atom is 0.240 e. The quantitative estimate of drug-likeness (QED) is 0.760. The predicted octanol–water partition coefficient (Wildman–Crippen LogP) is 2.34. The minimum Gasteiger partial charge on any atom is -0.392 e. The lowest BCUT2D eigenvalue weighted by molar-refractivity contribution is 0.281. The Labute approximate surface area is 120 Å². The van der Waals surface area contributed by atoms with Crippen molar-refractivity contribution in [1.82, 2.24) is 4.72 Å². The topological polar surface area (TPSA) is 66.4 Å². The minimum atomic E-state index is -3.75. The summed E-state index contributed by atoms with van der Waals surface area (Å²) >= 11 is 0. The highest BCUT2D eigenvalue weighted by molar-refractivity contribution is 7.89. The first kappa shape index (κ1) is 17.1. The van der Waals surface area contributed by atoms with Crippen LogP contribution in [-0.2, 0) is 16.6 Å². The van der Waals surface area contributed by atoms with Gasteiger partial charge in [0.1, 0.15) is 5.82 Å². The second kappa shape index (κ2) is 7.15. The molecule has 0 spiro atoms. The third-order valence-corrected chi connectivity index (χ3v) is 4.67. The first-order chi connectivity index (χ1) is 9.27. The van der Waals surface area contributed by atoms with Gasteiger partial charge in [-0.3, -0.25) is 0 Å². The van der Waals surface area contributed by atoms with Crippen molar-refractivity contribution in [1.29, 1.82) is 0 Å². The minimum absolute atomic E-state index is 0.0681. The van der Waals surface area contributed by atoms with Crippen LogP contribution in [0.1, 0.15) is 37.8 Å². The second-order valence-electron chi connectivity index (χ2n) is 5.29. The molecule has 0 heterocycles. The Hall–Kier alpha value is -0.980. The van der Waals surface area contributed by atoms with Gasteiger partial charge < -0.3 is 5.11 Å². The van der Waals surface area contributed by atoms with E-state index in [2.05, 4.69) is 18.6 Å². The Morgan fingerprint density at radius 1 is 1.35 bits per heavy atom. The van der Waals surface area contributed by atoms with E-state index in [0.717, 1.165) is 18.9 Å². The van der Waals surface area contributed by atoms with Crippen LogP contribution in [0.5, 0.6) is 0 Å². The Bertz CT molecular complexity index is 556. The van der Waals surface area contributed by atoms with Gasteiger partial charge in [-0.2, -0.15) is 0 Å². The lowest BCUT2D eigenvalue weighted by Gasteiger charge is -2.12. The summed E-state index contributed by atoms with van der Waals surface area (Å²) in [6, 6.07) is 2.45. The van der Waals surface area contributed by atoms with Crippen molar-refractivity contribution in [2.24, 2.45) is 5.92 Å². The molecule has 0 aliphatic rings. The fraction of sp³-hybridized carbons (Fsp3) is 0.571. The van der Waals surface area contributed by atoms with Gasteiger partial charge in [-0.25, -0.2) is 17.5 Å². The molecule has 0 atom stereocenters. The number of aliphatic hydroxyl groups excluding tert-OH is 1. The molecule has 0 bridgehead atoms. The van der Waals surface area contributed by atoms with Gasteiger partial charge in [0, 0.05) is 12.1 Å². The summed E-state index contributed by atoms with van der Waals surface area (Å²) in [5.74, 6) is -0.115. The van der Waals surface area contributed by atoms with E-state index in [9.17, 15) is 12.8 Å². The molecule has 0 saturated carbocycles. The number of hydrogen-bond donors (Lipinski definition) is 2. The molecule has 20 heavy (non-hydrogen) atoms. The molecule has 2 N–H and O–H groups in total. The Morgan fingerprint density at radius 2 is 2.00 bits per heavy atom. The zero-order chi connectivity index (χ0) is 15.3. The van der Waals surface area contributed by atoms with Gasteiger partial charge in [0.2, 0.25) is 10.0 Å². The van der Waals surface area contributed by atoms with Crippen LogP contribution >= 0.6 is 0 Å². The van der Waals surface area contributed by atoms with E-state index < -0.39 is 22.4 Å². The zero-order valence-corrected chi connectivity index (χ0v) is 12.9. The maximum atomic E-state index is 13.6. The van der Waals surface area contributed by atoms with Gasteiger partial charge >= 0.3 is 0 Å². The van der Waals surface area contributed by atoms with Crippen LogP contribution in [0, 0.1) is 18.7 Å². The summed E-state index contributed by atoms with van der Waals surface area (Å²) in [5, 5.41) is 9.04. The molecule has 0 aliphatic carbocycles. The summed E-state index contributed by atoms with van der Waals surface area (Å²) in [6.45, 7) is 5.48. The summed E-state index contributed by atoms with van der Waals surface area (Å²) in [4.78, 5) is -0.105. The molecule has 0 amide bonds. The highest BCUT2D eigenvalue weighted by Crippen LogP contribution is 2.20. The van der Waals surface area contributed by atoms with Crippen molar-refractivity contribution in [2.45, 2.75) is 45.1 Å². The number of nitrogens with one attached hydrogen (secondary N) is 1. The number of rotatable bonds is 7. The van der Waals surface area contributed by atoms with Crippen LogP contribution < -0.4 is 4.72 Å². The standard InChI is InChI=1S/C14H22FNO3S/c1-10(2)5-4-6-16-20(18,19)14-8-12(9-17)7-13(15)11(14)3/h7-8,10,16-17H,4-6,9H2,1-3H3. The van der Waals surface area contributed by atoms with Crippen molar-refractivity contribution in [3.8, 4) is 0 Å². The van der Waals surface area contributed by atoms with E-state index in [-0.39, 0.29) is 16.0 Å². The van der Waals surface area contributed by atoms with Gasteiger partial charge in [0.15, 0.2) is 0 Å². The van der Waals surface area contributed by atoms with Gasteiger partial charge in [-0.1, -0.05) is 13.8 Å². The molecule has 0 aliphatic heterocycles. The van der Waals surface area contributed by atoms with Crippen molar-refractivity contribution in [2.75, 3.05) is 6.54 Å². The van der Waals surface area contributed by atoms with E-state index in [4.69, 9.17) is 5.11 Å². The van der Waals surface area contributed by atoms with E-state index in [1.807, 2.05) is 0 Å². The largest absolute Gasteiger partial charge is 0.392 e. The highest BCUT2D eigenvalue weighted by atomic mass is 32.2. The number of aliphatic hydroxyl groups is 1. The lowest BCUT2D eigenvalue weighted by atomic mass is 10.1. The normalized spacial score (nSPS) is 12.1. The van der Waals surface area contributed by atoms with E-state index in [1.54, 1.807) is 0 Å². The summed E-state index contributed by atoms with van der Waals surface area (Å²) in [6.07, 6.45) is 1.66. The fourth-order valence-corrected chi connectivity index (χ4v) is 3.25. The first-order valence-corrected chi connectivity index (χ1v) is 8.15. The SMILES string of the molecule is Cc1c(F)cc(CO)cc1S(=O)(=O)NCCCC(C)C. The number of benzene rings is 1. The molecule has 1 aromatic carbocycles. The molecule has 4 nitrogen and oxygen atoms in total. The Kier molecular flexibility index (Phi) is 6.10. The zero-order valence-electron chi connectivity index (χ0n) is 12.1. The number of halogens is 1. The molecule has 6 heteroatoms. The number of sulfonamides is 1. The Balaban J connectivity index is 2.89. The molecule has 0 saturated heterocycles. The molecule has 114 valence electrons. The summed E-state index contributed by atoms with van der Waals surface area (Å²) in [5.41, 5.74) is 0.314. The van der Waals surface area contributed by atoms with Gasteiger partial charge in [0.25, 0.3) is 0 Å². The monoisotopic (exact) mass is 303 g/mol. The average molecular weight is 303 g/mol. The Morgan fingerprint density at radius 3 is 2.55 bits per heavy atom. The predicted molar refractivity (Wildman–Crippen MR) is 76.3 cm³/mol.